The van der Waals surface area contributed by atoms with Gasteiger partial charge in [0.15, 0.2) is 10.8 Å². The molecule has 0 saturated heterocycles. The Morgan fingerprint density at radius 3 is 2.77 bits per heavy atom. The first-order valence-corrected chi connectivity index (χ1v) is 11.0. The van der Waals surface area contributed by atoms with Crippen LogP contribution in [0.15, 0.2) is 81.7 Å². The Labute approximate surface area is 187 Å². The van der Waals surface area contributed by atoms with Gasteiger partial charge in [-0.1, -0.05) is 41.6 Å². The van der Waals surface area contributed by atoms with Crippen molar-refractivity contribution in [3.05, 3.63) is 83.4 Å². The summed E-state index contributed by atoms with van der Waals surface area (Å²) in [5.41, 5.74) is 2.49. The summed E-state index contributed by atoms with van der Waals surface area (Å²) in [6, 6.07) is 16.5. The molecule has 0 N–H and O–H groups in total. The summed E-state index contributed by atoms with van der Waals surface area (Å²) in [4.78, 5) is 13.4. The summed E-state index contributed by atoms with van der Waals surface area (Å²) in [5.74, 6) is 0.578. The molecule has 1 amide bonds. The minimum atomic E-state index is -0.418. The topological polar surface area (TPSA) is 76.0 Å². The molecule has 7 nitrogen and oxygen atoms in total. The highest BCUT2D eigenvalue weighted by molar-refractivity contribution is 8.00. The number of halogens is 1. The van der Waals surface area contributed by atoms with Crippen molar-refractivity contribution in [1.29, 1.82) is 0 Å². The fourth-order valence-corrected chi connectivity index (χ4v) is 4.53. The lowest BCUT2D eigenvalue weighted by molar-refractivity contribution is -0.132. The molecule has 0 aliphatic carbocycles. The first-order valence-electron chi connectivity index (χ1n) is 9.76. The minimum absolute atomic E-state index is 0.122. The molecule has 2 unspecified atom stereocenters. The number of carbonyl (C=O) groups excluding carboxylic acids is 1. The third-order valence-electron chi connectivity index (χ3n) is 5.10. The van der Waals surface area contributed by atoms with Crippen molar-refractivity contribution in [1.82, 2.24) is 19.6 Å². The number of nitrogens with zero attached hydrogens (tertiary/aromatic N) is 5. The lowest BCUT2D eigenvalue weighted by Gasteiger charge is -2.22. The predicted molar refractivity (Wildman–Crippen MR) is 119 cm³/mol. The fraction of sp³-hybridized carbons (Fsp3) is 0.182. The molecule has 4 heterocycles. The highest BCUT2D eigenvalue weighted by Gasteiger charge is 2.37. The Hall–Kier alpha value is -3.10. The molecule has 1 aromatic carbocycles. The van der Waals surface area contributed by atoms with Gasteiger partial charge in [-0.2, -0.15) is 5.10 Å². The summed E-state index contributed by atoms with van der Waals surface area (Å²) in [6.45, 7) is 1.85. The Balaban J connectivity index is 1.43. The summed E-state index contributed by atoms with van der Waals surface area (Å²) >= 11 is 7.38. The SMILES string of the molecule is CC(Sc1nnc2ccccn12)C(=O)N1N=C(c2ccc(Cl)cc2)CC1c1ccco1. The molecule has 156 valence electrons. The van der Waals surface area contributed by atoms with E-state index < -0.39 is 5.25 Å². The Morgan fingerprint density at radius 2 is 2.00 bits per heavy atom. The van der Waals surface area contributed by atoms with Gasteiger partial charge in [0.2, 0.25) is 0 Å². The van der Waals surface area contributed by atoms with Gasteiger partial charge in [-0.3, -0.25) is 9.20 Å². The maximum atomic E-state index is 13.4. The highest BCUT2D eigenvalue weighted by atomic mass is 35.5. The van der Waals surface area contributed by atoms with Gasteiger partial charge in [-0.25, -0.2) is 5.01 Å². The van der Waals surface area contributed by atoms with E-state index in [0.717, 1.165) is 16.9 Å². The number of aromatic nitrogens is 3. The number of hydrogen-bond donors (Lipinski definition) is 0. The molecule has 2 atom stereocenters. The number of hydrogen-bond acceptors (Lipinski definition) is 6. The van der Waals surface area contributed by atoms with Gasteiger partial charge in [-0.05, 0) is 48.9 Å². The van der Waals surface area contributed by atoms with Gasteiger partial charge in [0, 0.05) is 17.6 Å². The lowest BCUT2D eigenvalue weighted by Crippen LogP contribution is -2.33. The molecule has 5 rings (SSSR count). The first kappa shape index (κ1) is 19.8. The number of pyridine rings is 1. The van der Waals surface area contributed by atoms with Gasteiger partial charge < -0.3 is 4.42 Å². The molecular weight excluding hydrogens is 434 g/mol. The number of carbonyl (C=O) groups is 1. The van der Waals surface area contributed by atoms with E-state index in [1.165, 1.54) is 16.8 Å². The molecule has 9 heteroatoms. The number of hydrazone groups is 1. The molecule has 0 saturated carbocycles. The third kappa shape index (κ3) is 3.84. The van der Waals surface area contributed by atoms with Gasteiger partial charge in [0.25, 0.3) is 5.91 Å². The molecule has 1 aliphatic heterocycles. The van der Waals surface area contributed by atoms with Crippen molar-refractivity contribution in [2.24, 2.45) is 5.10 Å². The number of thioether (sulfide) groups is 1. The molecule has 4 aromatic rings. The van der Waals surface area contributed by atoms with E-state index in [-0.39, 0.29) is 11.9 Å². The van der Waals surface area contributed by atoms with Crippen LogP contribution in [0, 0.1) is 0 Å². The lowest BCUT2D eigenvalue weighted by atomic mass is 10.0. The van der Waals surface area contributed by atoms with E-state index in [0.29, 0.717) is 22.4 Å². The van der Waals surface area contributed by atoms with Crippen molar-refractivity contribution < 1.29 is 9.21 Å². The van der Waals surface area contributed by atoms with Crippen LogP contribution in [0.3, 0.4) is 0 Å². The standard InChI is InChI=1S/C22H18ClN5O2S/c1-14(31-22-25-24-20-6-2-3-11-27(20)22)21(29)28-18(19-5-4-12-30-19)13-17(26-28)15-7-9-16(23)10-8-15/h2-12,14,18H,13H2,1H3. The van der Waals surface area contributed by atoms with Crippen LogP contribution < -0.4 is 0 Å². The molecule has 0 bridgehead atoms. The summed E-state index contributed by atoms with van der Waals surface area (Å²) in [7, 11) is 0. The second-order valence-corrected chi connectivity index (χ2v) is 8.89. The first-order chi connectivity index (χ1) is 15.1. The molecule has 31 heavy (non-hydrogen) atoms. The van der Waals surface area contributed by atoms with E-state index in [1.807, 2.05) is 72.1 Å². The number of fused-ring (bicyclic) bond motifs is 1. The minimum Gasteiger partial charge on any atom is -0.467 e. The van der Waals surface area contributed by atoms with Gasteiger partial charge in [0.05, 0.1) is 17.2 Å². The maximum Gasteiger partial charge on any atom is 0.256 e. The Kier molecular flexibility index (Phi) is 5.25. The van der Waals surface area contributed by atoms with E-state index in [9.17, 15) is 4.79 Å². The molecular formula is C22H18ClN5O2S. The van der Waals surface area contributed by atoms with Crippen LogP contribution in [0.1, 0.15) is 30.7 Å². The maximum absolute atomic E-state index is 13.4. The van der Waals surface area contributed by atoms with E-state index >= 15 is 0 Å². The van der Waals surface area contributed by atoms with Crippen molar-refractivity contribution in [2.45, 2.75) is 29.8 Å². The molecule has 0 fully saturated rings. The normalized spacial score (nSPS) is 17.2. The molecule has 0 spiro atoms. The Morgan fingerprint density at radius 1 is 1.16 bits per heavy atom. The summed E-state index contributed by atoms with van der Waals surface area (Å²) in [5, 5.41) is 15.5. The van der Waals surface area contributed by atoms with E-state index in [4.69, 9.17) is 16.0 Å². The summed E-state index contributed by atoms with van der Waals surface area (Å²) < 4.78 is 7.49. The third-order valence-corrected chi connectivity index (χ3v) is 6.39. The molecule has 3 aromatic heterocycles. The van der Waals surface area contributed by atoms with Crippen molar-refractivity contribution in [2.75, 3.05) is 0 Å². The van der Waals surface area contributed by atoms with Crippen LogP contribution in [0.25, 0.3) is 5.65 Å². The van der Waals surface area contributed by atoms with Crippen LogP contribution in [0.4, 0.5) is 0 Å². The monoisotopic (exact) mass is 451 g/mol. The Bertz CT molecular complexity index is 1250. The molecule has 0 radical (unpaired) electrons. The van der Waals surface area contributed by atoms with Gasteiger partial charge in [-0.15, -0.1) is 10.2 Å². The molecule has 1 aliphatic rings. The predicted octanol–water partition coefficient (Wildman–Crippen LogP) is 4.83. The zero-order valence-electron chi connectivity index (χ0n) is 16.6. The van der Waals surface area contributed by atoms with E-state index in [2.05, 4.69) is 15.3 Å². The largest absolute Gasteiger partial charge is 0.467 e. The van der Waals surface area contributed by atoms with Crippen LogP contribution in [-0.4, -0.2) is 36.5 Å². The van der Waals surface area contributed by atoms with E-state index in [1.54, 1.807) is 6.26 Å². The zero-order chi connectivity index (χ0) is 21.4. The van der Waals surface area contributed by atoms with Crippen molar-refractivity contribution in [3.8, 4) is 0 Å². The van der Waals surface area contributed by atoms with Crippen molar-refractivity contribution >= 4 is 40.6 Å². The number of amides is 1. The summed E-state index contributed by atoms with van der Waals surface area (Å²) in [6.07, 6.45) is 4.05. The van der Waals surface area contributed by atoms with Gasteiger partial charge in [0.1, 0.15) is 11.8 Å². The number of rotatable bonds is 5. The van der Waals surface area contributed by atoms with Crippen LogP contribution in [0.5, 0.6) is 0 Å². The second-order valence-electron chi connectivity index (χ2n) is 7.14. The van der Waals surface area contributed by atoms with Crippen LogP contribution >= 0.6 is 23.4 Å². The number of furan rings is 1. The quantitative estimate of drug-likeness (QED) is 0.406. The smallest absolute Gasteiger partial charge is 0.256 e. The highest BCUT2D eigenvalue weighted by Crippen LogP contribution is 2.35. The average molecular weight is 452 g/mol. The number of benzene rings is 1. The second kappa shape index (κ2) is 8.20. The van der Waals surface area contributed by atoms with Gasteiger partial charge >= 0.3 is 0 Å². The van der Waals surface area contributed by atoms with Crippen molar-refractivity contribution in [3.63, 3.8) is 0 Å². The zero-order valence-corrected chi connectivity index (χ0v) is 18.1. The average Bonchev–Trinajstić information content (AvgIpc) is 3.53. The fourth-order valence-electron chi connectivity index (χ4n) is 3.53. The van der Waals surface area contributed by atoms with Crippen LogP contribution in [-0.2, 0) is 4.79 Å². The van der Waals surface area contributed by atoms with Crippen LogP contribution in [0.2, 0.25) is 5.02 Å².